The van der Waals surface area contributed by atoms with Crippen molar-refractivity contribution in [1.82, 2.24) is 9.47 Å². The van der Waals surface area contributed by atoms with Crippen molar-refractivity contribution >= 4 is 11.9 Å². The summed E-state index contributed by atoms with van der Waals surface area (Å²) in [6.07, 6.45) is 6.64. The number of carboxylic acids is 1. The molecule has 21 heavy (non-hydrogen) atoms. The van der Waals surface area contributed by atoms with Crippen LogP contribution >= 0.6 is 0 Å². The molecule has 1 aromatic rings. The second-order valence-corrected chi connectivity index (χ2v) is 6.13. The maximum atomic E-state index is 12.7. The maximum Gasteiger partial charge on any atom is 0.309 e. The van der Waals surface area contributed by atoms with Gasteiger partial charge in [0.1, 0.15) is 6.04 Å². The first-order valence-electron chi connectivity index (χ1n) is 7.62. The van der Waals surface area contributed by atoms with E-state index in [1.807, 2.05) is 34.0 Å². The first kappa shape index (κ1) is 15.6. The van der Waals surface area contributed by atoms with Gasteiger partial charge >= 0.3 is 5.97 Å². The fourth-order valence-electron chi connectivity index (χ4n) is 2.87. The van der Waals surface area contributed by atoms with Crippen LogP contribution in [0.1, 0.15) is 45.6 Å². The maximum absolute atomic E-state index is 12.7. The molecule has 2 rings (SSSR count). The highest BCUT2D eigenvalue weighted by Crippen LogP contribution is 2.32. The first-order valence-corrected chi connectivity index (χ1v) is 7.62. The lowest BCUT2D eigenvalue weighted by Crippen LogP contribution is -2.47. The first-order chi connectivity index (χ1) is 9.98. The molecule has 1 aromatic heterocycles. The standard InChI is InChI=1S/C16H24N2O3/c1-3-6-13(17-9-4-5-10-17)14(19)18-11-7-16(2,8-12-18)15(20)21/h4-5,9-10,13H,3,6-8,11-12H2,1-2H3,(H,20,21)/t13-/m1/s1. The fraction of sp³-hybridized carbons (Fsp3) is 0.625. The van der Waals surface area contributed by atoms with E-state index in [1.54, 1.807) is 6.92 Å². The van der Waals surface area contributed by atoms with Gasteiger partial charge in [-0.2, -0.15) is 0 Å². The molecule has 2 heterocycles. The molecule has 1 atom stereocenters. The Morgan fingerprint density at radius 1 is 1.24 bits per heavy atom. The van der Waals surface area contributed by atoms with Crippen molar-refractivity contribution in [2.24, 2.45) is 5.41 Å². The summed E-state index contributed by atoms with van der Waals surface area (Å²) < 4.78 is 1.96. The van der Waals surface area contributed by atoms with Crippen LogP contribution in [0, 0.1) is 5.41 Å². The molecular weight excluding hydrogens is 268 g/mol. The molecule has 116 valence electrons. The number of piperidine rings is 1. The molecule has 1 aliphatic rings. The number of nitrogens with zero attached hydrogens (tertiary/aromatic N) is 2. The van der Waals surface area contributed by atoms with Gasteiger partial charge in [-0.1, -0.05) is 13.3 Å². The van der Waals surface area contributed by atoms with Crippen molar-refractivity contribution in [1.29, 1.82) is 0 Å². The zero-order chi connectivity index (χ0) is 15.5. The Bertz CT molecular complexity index is 488. The highest BCUT2D eigenvalue weighted by molar-refractivity contribution is 5.81. The van der Waals surface area contributed by atoms with E-state index in [0.29, 0.717) is 25.9 Å². The zero-order valence-corrected chi connectivity index (χ0v) is 12.8. The monoisotopic (exact) mass is 292 g/mol. The summed E-state index contributed by atoms with van der Waals surface area (Å²) in [5.41, 5.74) is -0.690. The third kappa shape index (κ3) is 3.28. The highest BCUT2D eigenvalue weighted by Gasteiger charge is 2.39. The van der Waals surface area contributed by atoms with E-state index >= 15 is 0 Å². The van der Waals surface area contributed by atoms with E-state index in [2.05, 4.69) is 6.92 Å². The average molecular weight is 292 g/mol. The van der Waals surface area contributed by atoms with Gasteiger partial charge in [0.2, 0.25) is 5.91 Å². The molecule has 0 aliphatic carbocycles. The van der Waals surface area contributed by atoms with Crippen LogP contribution in [0.5, 0.6) is 0 Å². The third-order valence-corrected chi connectivity index (χ3v) is 4.53. The summed E-state index contributed by atoms with van der Waals surface area (Å²) in [6, 6.07) is 3.68. The zero-order valence-electron chi connectivity index (χ0n) is 12.8. The number of hydrogen-bond donors (Lipinski definition) is 1. The molecule has 5 heteroatoms. The number of carbonyl (C=O) groups excluding carboxylic acids is 1. The molecule has 1 fully saturated rings. The summed E-state index contributed by atoms with van der Waals surface area (Å²) in [5, 5.41) is 9.26. The minimum Gasteiger partial charge on any atom is -0.481 e. The third-order valence-electron chi connectivity index (χ3n) is 4.53. The Hall–Kier alpha value is -1.78. The van der Waals surface area contributed by atoms with E-state index in [9.17, 15) is 14.7 Å². The van der Waals surface area contributed by atoms with Crippen LogP contribution in [-0.2, 0) is 9.59 Å². The van der Waals surface area contributed by atoms with Gasteiger partial charge in [-0.05, 0) is 38.3 Å². The molecule has 1 amide bonds. The molecule has 1 N–H and O–H groups in total. The van der Waals surface area contributed by atoms with Gasteiger partial charge in [0, 0.05) is 25.5 Å². The summed E-state index contributed by atoms with van der Waals surface area (Å²) in [7, 11) is 0. The summed E-state index contributed by atoms with van der Waals surface area (Å²) in [5.74, 6) is -0.648. The number of carboxylic acid groups (broad SMARTS) is 1. The predicted octanol–water partition coefficient (Wildman–Crippen LogP) is 2.54. The van der Waals surface area contributed by atoms with Gasteiger partial charge in [0.05, 0.1) is 5.41 Å². The second-order valence-electron chi connectivity index (χ2n) is 6.13. The molecule has 0 bridgehead atoms. The number of hydrogen-bond acceptors (Lipinski definition) is 2. The Kier molecular flexibility index (Phi) is 4.70. The molecule has 0 spiro atoms. The van der Waals surface area contributed by atoms with Crippen LogP contribution in [-0.4, -0.2) is 39.5 Å². The molecule has 0 radical (unpaired) electrons. The van der Waals surface area contributed by atoms with E-state index in [4.69, 9.17) is 0 Å². The van der Waals surface area contributed by atoms with Crippen LogP contribution in [0.2, 0.25) is 0 Å². The Labute approximate surface area is 125 Å². The SMILES string of the molecule is CCC[C@H](C(=O)N1CCC(C)(C(=O)O)CC1)n1cccc1. The van der Waals surface area contributed by atoms with E-state index in [-0.39, 0.29) is 11.9 Å². The van der Waals surface area contributed by atoms with E-state index in [0.717, 1.165) is 12.8 Å². The minimum atomic E-state index is -0.759. The number of rotatable bonds is 5. The normalized spacial score (nSPS) is 19.2. The minimum absolute atomic E-state index is 0.112. The van der Waals surface area contributed by atoms with Crippen molar-refractivity contribution in [3.8, 4) is 0 Å². The molecular formula is C16H24N2O3. The number of aromatic nitrogens is 1. The van der Waals surface area contributed by atoms with Crippen LogP contribution in [0.4, 0.5) is 0 Å². The van der Waals surface area contributed by atoms with Gasteiger partial charge in [0.15, 0.2) is 0 Å². The lowest BCUT2D eigenvalue weighted by atomic mass is 9.80. The van der Waals surface area contributed by atoms with Gasteiger partial charge in [-0.25, -0.2) is 0 Å². The fourth-order valence-corrected chi connectivity index (χ4v) is 2.87. The summed E-state index contributed by atoms with van der Waals surface area (Å²) >= 11 is 0. The number of likely N-dealkylation sites (tertiary alicyclic amines) is 1. The highest BCUT2D eigenvalue weighted by atomic mass is 16.4. The largest absolute Gasteiger partial charge is 0.481 e. The van der Waals surface area contributed by atoms with Gasteiger partial charge in [0.25, 0.3) is 0 Å². The van der Waals surface area contributed by atoms with Crippen molar-refractivity contribution < 1.29 is 14.7 Å². The van der Waals surface area contributed by atoms with Crippen LogP contribution in [0.15, 0.2) is 24.5 Å². The van der Waals surface area contributed by atoms with E-state index < -0.39 is 11.4 Å². The summed E-state index contributed by atoms with van der Waals surface area (Å²) in [6.45, 7) is 4.90. The van der Waals surface area contributed by atoms with Crippen molar-refractivity contribution in [2.75, 3.05) is 13.1 Å². The number of carbonyl (C=O) groups is 2. The molecule has 1 aliphatic heterocycles. The van der Waals surface area contributed by atoms with Crippen LogP contribution in [0.25, 0.3) is 0 Å². The lowest BCUT2D eigenvalue weighted by molar-refractivity contribution is -0.153. The topological polar surface area (TPSA) is 62.5 Å². The molecule has 0 saturated carbocycles. The van der Waals surface area contributed by atoms with Crippen LogP contribution in [0.3, 0.4) is 0 Å². The lowest BCUT2D eigenvalue weighted by Gasteiger charge is -2.38. The molecule has 0 unspecified atom stereocenters. The smallest absolute Gasteiger partial charge is 0.309 e. The van der Waals surface area contributed by atoms with Crippen molar-refractivity contribution in [3.05, 3.63) is 24.5 Å². The molecule has 0 aromatic carbocycles. The van der Waals surface area contributed by atoms with Crippen molar-refractivity contribution in [2.45, 2.75) is 45.6 Å². The van der Waals surface area contributed by atoms with Gasteiger partial charge in [-0.3, -0.25) is 9.59 Å². The second kappa shape index (κ2) is 6.33. The van der Waals surface area contributed by atoms with Crippen molar-refractivity contribution in [3.63, 3.8) is 0 Å². The molecule has 5 nitrogen and oxygen atoms in total. The Morgan fingerprint density at radius 3 is 2.29 bits per heavy atom. The Balaban J connectivity index is 2.04. The summed E-state index contributed by atoms with van der Waals surface area (Å²) in [4.78, 5) is 25.8. The Morgan fingerprint density at radius 2 is 1.81 bits per heavy atom. The predicted molar refractivity (Wildman–Crippen MR) is 79.9 cm³/mol. The van der Waals surface area contributed by atoms with Crippen LogP contribution < -0.4 is 0 Å². The number of aliphatic carboxylic acids is 1. The van der Waals surface area contributed by atoms with Gasteiger partial charge in [-0.15, -0.1) is 0 Å². The molecule has 1 saturated heterocycles. The number of amides is 1. The van der Waals surface area contributed by atoms with Gasteiger partial charge < -0.3 is 14.6 Å². The average Bonchev–Trinajstić information content (AvgIpc) is 2.98. The van der Waals surface area contributed by atoms with E-state index in [1.165, 1.54) is 0 Å². The quantitative estimate of drug-likeness (QED) is 0.907.